The molecule has 21 heavy (non-hydrogen) atoms. The third-order valence-electron chi connectivity index (χ3n) is 4.16. The summed E-state index contributed by atoms with van der Waals surface area (Å²) >= 11 is 0. The second kappa shape index (κ2) is 6.94. The van der Waals surface area contributed by atoms with E-state index in [0.717, 1.165) is 11.3 Å². The van der Waals surface area contributed by atoms with E-state index in [4.69, 9.17) is 10.5 Å². The highest BCUT2D eigenvalue weighted by atomic mass is 16.5. The predicted octanol–water partition coefficient (Wildman–Crippen LogP) is 2.64. The van der Waals surface area contributed by atoms with Gasteiger partial charge in [-0.05, 0) is 42.4 Å². The Morgan fingerprint density at radius 2 is 1.95 bits per heavy atom. The molecule has 1 amide bonds. The topological polar surface area (TPSA) is 64.3 Å². The van der Waals surface area contributed by atoms with Crippen LogP contribution in [0.3, 0.4) is 0 Å². The molecule has 1 saturated carbocycles. The molecule has 0 spiro atoms. The monoisotopic (exact) mass is 290 g/mol. The Bertz CT molecular complexity index is 466. The van der Waals surface area contributed by atoms with E-state index < -0.39 is 0 Å². The molecule has 1 aliphatic carbocycles. The van der Waals surface area contributed by atoms with Gasteiger partial charge in [0.2, 0.25) is 5.91 Å². The fourth-order valence-electron chi connectivity index (χ4n) is 2.40. The number of amides is 1. The summed E-state index contributed by atoms with van der Waals surface area (Å²) in [5.74, 6) is 1.75. The van der Waals surface area contributed by atoms with Crippen molar-refractivity contribution in [3.63, 3.8) is 0 Å². The quantitative estimate of drug-likeness (QED) is 0.811. The minimum absolute atomic E-state index is 0.0453. The van der Waals surface area contributed by atoms with Gasteiger partial charge >= 0.3 is 0 Å². The molecular weight excluding hydrogens is 264 g/mol. The average molecular weight is 290 g/mol. The maximum atomic E-state index is 12.2. The fraction of sp³-hybridized carbons (Fsp3) is 0.588. The lowest BCUT2D eigenvalue weighted by molar-refractivity contribution is -0.122. The van der Waals surface area contributed by atoms with Crippen molar-refractivity contribution in [2.45, 2.75) is 45.2 Å². The summed E-state index contributed by atoms with van der Waals surface area (Å²) in [7, 11) is 1.66. The Balaban J connectivity index is 2.00. The number of nitrogens with one attached hydrogen (secondary N) is 1. The van der Waals surface area contributed by atoms with Crippen LogP contribution in [0, 0.1) is 11.8 Å². The summed E-state index contributed by atoms with van der Waals surface area (Å²) in [6.45, 7) is 4.08. The van der Waals surface area contributed by atoms with Crippen LogP contribution in [0.2, 0.25) is 0 Å². The van der Waals surface area contributed by atoms with Gasteiger partial charge < -0.3 is 15.8 Å². The zero-order chi connectivity index (χ0) is 15.4. The number of carbonyl (C=O) groups is 1. The third kappa shape index (κ3) is 4.46. The molecule has 3 N–H and O–H groups in total. The molecule has 4 nitrogen and oxygen atoms in total. The van der Waals surface area contributed by atoms with E-state index in [1.807, 2.05) is 38.1 Å². The molecule has 0 saturated heterocycles. The van der Waals surface area contributed by atoms with Gasteiger partial charge in [0.15, 0.2) is 0 Å². The van der Waals surface area contributed by atoms with E-state index in [1.165, 1.54) is 12.8 Å². The van der Waals surface area contributed by atoms with Crippen molar-refractivity contribution >= 4 is 5.91 Å². The summed E-state index contributed by atoms with van der Waals surface area (Å²) in [5.41, 5.74) is 7.13. The Kier molecular flexibility index (Phi) is 5.23. The molecule has 1 aromatic rings. The lowest BCUT2D eigenvalue weighted by atomic mass is 9.99. The fourth-order valence-corrected chi connectivity index (χ4v) is 2.40. The van der Waals surface area contributed by atoms with Crippen LogP contribution in [0.15, 0.2) is 24.3 Å². The van der Waals surface area contributed by atoms with Crippen LogP contribution in [0.5, 0.6) is 5.75 Å². The molecule has 0 heterocycles. The molecule has 1 aromatic carbocycles. The normalized spacial score (nSPS) is 17.4. The summed E-state index contributed by atoms with van der Waals surface area (Å²) in [5, 5.41) is 3.16. The largest absolute Gasteiger partial charge is 0.497 e. The molecule has 2 atom stereocenters. The van der Waals surface area contributed by atoms with Gasteiger partial charge in [-0.25, -0.2) is 0 Å². The molecule has 0 aromatic heterocycles. The zero-order valence-corrected chi connectivity index (χ0v) is 13.1. The first-order valence-electron chi connectivity index (χ1n) is 7.70. The Labute approximate surface area is 127 Å². The number of carbonyl (C=O) groups excluding carboxylic acids is 1. The molecule has 0 aliphatic heterocycles. The summed E-state index contributed by atoms with van der Waals surface area (Å²) in [4.78, 5) is 12.2. The summed E-state index contributed by atoms with van der Waals surface area (Å²) in [6.07, 6.45) is 2.73. The van der Waals surface area contributed by atoms with Crippen LogP contribution >= 0.6 is 0 Å². The lowest BCUT2D eigenvalue weighted by Gasteiger charge is -2.21. The van der Waals surface area contributed by atoms with E-state index in [-0.39, 0.29) is 18.0 Å². The highest BCUT2D eigenvalue weighted by Gasteiger charge is 2.33. The van der Waals surface area contributed by atoms with Gasteiger partial charge in [-0.1, -0.05) is 26.0 Å². The van der Waals surface area contributed by atoms with Crippen LogP contribution in [-0.4, -0.2) is 19.1 Å². The molecule has 1 aliphatic rings. The van der Waals surface area contributed by atoms with Gasteiger partial charge in [0.05, 0.1) is 13.2 Å². The molecule has 0 bridgehead atoms. The first kappa shape index (κ1) is 15.8. The Morgan fingerprint density at radius 3 is 2.43 bits per heavy atom. The Morgan fingerprint density at radius 1 is 1.33 bits per heavy atom. The molecule has 116 valence electrons. The van der Waals surface area contributed by atoms with Gasteiger partial charge in [-0.15, -0.1) is 0 Å². The van der Waals surface area contributed by atoms with Crippen molar-refractivity contribution in [1.82, 2.24) is 5.32 Å². The van der Waals surface area contributed by atoms with Crippen molar-refractivity contribution in [2.24, 2.45) is 17.6 Å². The predicted molar refractivity (Wildman–Crippen MR) is 84.0 cm³/mol. The zero-order valence-electron chi connectivity index (χ0n) is 13.1. The Hall–Kier alpha value is -1.55. The number of ether oxygens (including phenoxy) is 1. The summed E-state index contributed by atoms with van der Waals surface area (Å²) < 4.78 is 5.18. The van der Waals surface area contributed by atoms with Crippen LogP contribution in [0.4, 0.5) is 0 Å². The molecule has 2 rings (SSSR count). The van der Waals surface area contributed by atoms with Crippen molar-refractivity contribution in [1.29, 1.82) is 0 Å². The maximum absolute atomic E-state index is 12.2. The highest BCUT2D eigenvalue weighted by molar-refractivity contribution is 5.77. The minimum Gasteiger partial charge on any atom is -0.497 e. The van der Waals surface area contributed by atoms with Crippen molar-refractivity contribution in [3.8, 4) is 5.75 Å². The number of rotatable bonds is 7. The summed E-state index contributed by atoms with van der Waals surface area (Å²) in [6, 6.07) is 7.96. The van der Waals surface area contributed by atoms with Gasteiger partial charge in [0.25, 0.3) is 0 Å². The number of hydrogen-bond donors (Lipinski definition) is 2. The SMILES string of the molecule is COc1ccc(C(NC(=O)CC(N)C(C)C)C2CC2)cc1. The minimum atomic E-state index is -0.0827. The van der Waals surface area contributed by atoms with Gasteiger partial charge in [0, 0.05) is 12.5 Å². The van der Waals surface area contributed by atoms with Crippen molar-refractivity contribution < 1.29 is 9.53 Å². The van der Waals surface area contributed by atoms with Crippen LogP contribution in [0.1, 0.15) is 44.7 Å². The third-order valence-corrected chi connectivity index (χ3v) is 4.16. The highest BCUT2D eigenvalue weighted by Crippen LogP contribution is 2.41. The average Bonchev–Trinajstić information content (AvgIpc) is 3.29. The van der Waals surface area contributed by atoms with Crippen LogP contribution in [-0.2, 0) is 4.79 Å². The number of nitrogens with two attached hydrogens (primary N) is 1. The maximum Gasteiger partial charge on any atom is 0.222 e. The molecule has 2 unspecified atom stereocenters. The van der Waals surface area contributed by atoms with E-state index in [1.54, 1.807) is 7.11 Å². The molecule has 4 heteroatoms. The van der Waals surface area contributed by atoms with E-state index in [2.05, 4.69) is 5.32 Å². The number of benzene rings is 1. The molecule has 0 radical (unpaired) electrons. The first-order valence-corrected chi connectivity index (χ1v) is 7.70. The smallest absolute Gasteiger partial charge is 0.222 e. The van der Waals surface area contributed by atoms with Gasteiger partial charge in [-0.3, -0.25) is 4.79 Å². The number of methoxy groups -OCH3 is 1. The van der Waals surface area contributed by atoms with Crippen LogP contribution < -0.4 is 15.8 Å². The van der Waals surface area contributed by atoms with Crippen molar-refractivity contribution in [3.05, 3.63) is 29.8 Å². The molecular formula is C17H26N2O2. The molecule has 1 fully saturated rings. The van der Waals surface area contributed by atoms with E-state index in [0.29, 0.717) is 18.3 Å². The first-order chi connectivity index (χ1) is 10.0. The van der Waals surface area contributed by atoms with Gasteiger partial charge in [0.1, 0.15) is 5.75 Å². The van der Waals surface area contributed by atoms with Crippen LogP contribution in [0.25, 0.3) is 0 Å². The second-order valence-electron chi connectivity index (χ2n) is 6.27. The standard InChI is InChI=1S/C17H26N2O2/c1-11(2)15(18)10-16(20)19-17(12-4-5-12)13-6-8-14(21-3)9-7-13/h6-9,11-12,15,17H,4-5,10,18H2,1-3H3,(H,19,20). The lowest BCUT2D eigenvalue weighted by Crippen LogP contribution is -2.37. The van der Waals surface area contributed by atoms with Crippen molar-refractivity contribution in [2.75, 3.05) is 7.11 Å². The van der Waals surface area contributed by atoms with E-state index in [9.17, 15) is 4.79 Å². The van der Waals surface area contributed by atoms with Gasteiger partial charge in [-0.2, -0.15) is 0 Å². The number of hydrogen-bond acceptors (Lipinski definition) is 3. The second-order valence-corrected chi connectivity index (χ2v) is 6.27. The van der Waals surface area contributed by atoms with E-state index >= 15 is 0 Å².